The van der Waals surface area contributed by atoms with Crippen molar-refractivity contribution < 1.29 is 168 Å². The summed E-state index contributed by atoms with van der Waals surface area (Å²) >= 11 is 0. The van der Waals surface area contributed by atoms with Gasteiger partial charge >= 0.3 is 148 Å². The van der Waals surface area contributed by atoms with Gasteiger partial charge in [0.1, 0.15) is 0 Å². The van der Waals surface area contributed by atoms with E-state index in [2.05, 4.69) is 0 Å². The number of carbonyl (C=O) groups excluding carboxylic acids is 2. The Morgan fingerprint density at radius 3 is 1.07 bits per heavy atom. The van der Waals surface area contributed by atoms with E-state index in [1.807, 2.05) is 0 Å². The molecule has 0 radical (unpaired) electrons. The van der Waals surface area contributed by atoms with Gasteiger partial charge in [0.15, 0.2) is 0 Å². The largest absolute Gasteiger partial charge is 1.00 e. The van der Waals surface area contributed by atoms with Crippen LogP contribution in [0.2, 0.25) is 0 Å². The molecule has 0 saturated carbocycles. The minimum Gasteiger partial charge on any atom is -0.550 e. The van der Waals surface area contributed by atoms with Crippen LogP contribution >= 0.6 is 0 Å². The number of hydrogen-bond acceptors (Lipinski definition) is 4. The zero-order valence-corrected chi connectivity index (χ0v) is 19.8. The SMILES string of the molecule is O=C([O-])CCCC(=O)[O-].[Na+].[Na+].[Na+].[Na+].[Na+]. The Bertz CT molecular complexity index is 117. The fourth-order valence-corrected chi connectivity index (χ4v) is 0.377. The van der Waals surface area contributed by atoms with Crippen molar-refractivity contribution in [3.05, 3.63) is 0 Å². The molecule has 52 valence electrons. The van der Waals surface area contributed by atoms with Gasteiger partial charge in [0.25, 0.3) is 0 Å². The maximum atomic E-state index is 9.66. The van der Waals surface area contributed by atoms with Crippen LogP contribution < -0.4 is 158 Å². The van der Waals surface area contributed by atoms with Gasteiger partial charge in [-0.2, -0.15) is 0 Å². The Labute approximate surface area is 194 Å². The normalized spacial score (nSPS) is 5.71. The Balaban J connectivity index is -0.0000000320. The van der Waals surface area contributed by atoms with Gasteiger partial charge in [0.2, 0.25) is 0 Å². The molecule has 9 heteroatoms. The van der Waals surface area contributed by atoms with Crippen molar-refractivity contribution in [1.29, 1.82) is 0 Å². The summed E-state index contributed by atoms with van der Waals surface area (Å²) in [7, 11) is 0. The van der Waals surface area contributed by atoms with Crippen molar-refractivity contribution in [2.75, 3.05) is 0 Å². The van der Waals surface area contributed by atoms with Crippen LogP contribution in [0.15, 0.2) is 0 Å². The van der Waals surface area contributed by atoms with Gasteiger partial charge in [0.05, 0.1) is 0 Å². The van der Waals surface area contributed by atoms with E-state index in [4.69, 9.17) is 0 Å². The molecule has 0 saturated heterocycles. The maximum absolute atomic E-state index is 9.66. The number of aliphatic carboxylic acids is 2. The van der Waals surface area contributed by atoms with E-state index >= 15 is 0 Å². The third-order valence-electron chi connectivity index (χ3n) is 0.762. The van der Waals surface area contributed by atoms with Crippen LogP contribution in [-0.4, -0.2) is 11.9 Å². The minimum atomic E-state index is -1.23. The van der Waals surface area contributed by atoms with Crippen molar-refractivity contribution >= 4 is 11.9 Å². The summed E-state index contributed by atoms with van der Waals surface area (Å²) in [4.78, 5) is 19.3. The number of carbonyl (C=O) groups is 2. The second-order valence-corrected chi connectivity index (χ2v) is 1.60. The summed E-state index contributed by atoms with van der Waals surface area (Å²) in [6, 6.07) is 0. The summed E-state index contributed by atoms with van der Waals surface area (Å²) in [5.41, 5.74) is 0. The van der Waals surface area contributed by atoms with E-state index in [1.54, 1.807) is 0 Å². The second kappa shape index (κ2) is 25.7. The third kappa shape index (κ3) is 36.0. The second-order valence-electron chi connectivity index (χ2n) is 1.60. The zero-order valence-electron chi connectivity index (χ0n) is 9.75. The quantitative estimate of drug-likeness (QED) is 0.460. The first-order chi connectivity index (χ1) is 4.13. The molecule has 0 bridgehead atoms. The first-order valence-corrected chi connectivity index (χ1v) is 2.52. The first-order valence-electron chi connectivity index (χ1n) is 2.52. The summed E-state index contributed by atoms with van der Waals surface area (Å²) in [5, 5.41) is 19.3. The van der Waals surface area contributed by atoms with Crippen molar-refractivity contribution in [1.82, 2.24) is 0 Å². The van der Waals surface area contributed by atoms with Crippen molar-refractivity contribution in [2.24, 2.45) is 0 Å². The first kappa shape index (κ1) is 36.1. The standard InChI is InChI=1S/C5H8O4.5Na/c6-4(7)2-1-3-5(8)9;;;;;/h1-3H2,(H,6,7)(H,8,9);;;;;/q;5*+1/p-2. The Morgan fingerprint density at radius 2 is 0.929 bits per heavy atom. The Hall–Kier alpha value is 3.94. The van der Waals surface area contributed by atoms with Crippen LogP contribution in [0.1, 0.15) is 19.3 Å². The summed E-state index contributed by atoms with van der Waals surface area (Å²) in [5.74, 6) is -2.45. The van der Waals surface area contributed by atoms with E-state index < -0.39 is 11.9 Å². The molecule has 0 spiro atoms. The van der Waals surface area contributed by atoms with Crippen molar-refractivity contribution in [2.45, 2.75) is 19.3 Å². The monoisotopic (exact) mass is 245 g/mol. The van der Waals surface area contributed by atoms with E-state index in [0.717, 1.165) is 0 Å². The molecule has 0 aliphatic heterocycles. The zero-order chi connectivity index (χ0) is 7.28. The van der Waals surface area contributed by atoms with E-state index in [-0.39, 0.29) is 167 Å². The van der Waals surface area contributed by atoms with E-state index in [1.165, 1.54) is 0 Å². The molecule has 0 fully saturated rings. The smallest absolute Gasteiger partial charge is 0.550 e. The molecule has 0 atom stereocenters. The molecular weight excluding hydrogens is 239 g/mol. The van der Waals surface area contributed by atoms with Crippen LogP contribution in [0.3, 0.4) is 0 Å². The Morgan fingerprint density at radius 1 is 0.714 bits per heavy atom. The van der Waals surface area contributed by atoms with E-state index in [9.17, 15) is 19.8 Å². The molecule has 0 heterocycles. The van der Waals surface area contributed by atoms with Gasteiger partial charge in [-0.15, -0.1) is 0 Å². The maximum Gasteiger partial charge on any atom is 1.00 e. The average molecular weight is 245 g/mol. The molecule has 0 amide bonds. The van der Waals surface area contributed by atoms with Crippen LogP contribution in [0.25, 0.3) is 0 Å². The van der Waals surface area contributed by atoms with Crippen molar-refractivity contribution in [3.8, 4) is 0 Å². The van der Waals surface area contributed by atoms with Gasteiger partial charge in [-0.25, -0.2) is 0 Å². The topological polar surface area (TPSA) is 80.3 Å². The Kier molecular flexibility index (Phi) is 66.3. The molecule has 0 aliphatic carbocycles. The number of rotatable bonds is 4. The molecule has 0 aromatic heterocycles. The van der Waals surface area contributed by atoms with Crippen LogP contribution in [0.5, 0.6) is 0 Å². The molecule has 0 aromatic rings. The van der Waals surface area contributed by atoms with Gasteiger partial charge in [0, 0.05) is 11.9 Å². The number of hydrogen-bond donors (Lipinski definition) is 0. The number of carboxylic acid groups (broad SMARTS) is 2. The van der Waals surface area contributed by atoms with Crippen LogP contribution in [0.4, 0.5) is 0 Å². The van der Waals surface area contributed by atoms with Gasteiger partial charge < -0.3 is 19.8 Å². The van der Waals surface area contributed by atoms with Crippen LogP contribution in [0, 0.1) is 0 Å². The average Bonchev–Trinajstić information content (AvgIpc) is 1.63. The van der Waals surface area contributed by atoms with Gasteiger partial charge in [-0.05, 0) is 19.3 Å². The molecule has 4 nitrogen and oxygen atoms in total. The predicted molar refractivity (Wildman–Crippen MR) is 23.9 cm³/mol. The molecule has 14 heavy (non-hydrogen) atoms. The molecule has 0 N–H and O–H groups in total. The third-order valence-corrected chi connectivity index (χ3v) is 0.762. The predicted octanol–water partition coefficient (Wildman–Crippen LogP) is -17.3. The van der Waals surface area contributed by atoms with Gasteiger partial charge in [-0.3, -0.25) is 0 Å². The molecule has 0 rings (SSSR count). The minimum absolute atomic E-state index is 0. The van der Waals surface area contributed by atoms with E-state index in [0.29, 0.717) is 0 Å². The van der Waals surface area contributed by atoms with Crippen LogP contribution in [-0.2, 0) is 9.59 Å². The number of carboxylic acids is 2. The summed E-state index contributed by atoms with van der Waals surface area (Å²) in [6.45, 7) is 0. The molecule has 0 aromatic carbocycles. The van der Waals surface area contributed by atoms with Gasteiger partial charge in [-0.1, -0.05) is 0 Å². The molecule has 0 unspecified atom stereocenters. The summed E-state index contributed by atoms with van der Waals surface area (Å²) < 4.78 is 0. The molecule has 0 aliphatic rings. The summed E-state index contributed by atoms with van der Waals surface area (Å²) in [6.07, 6.45) is -0.341. The van der Waals surface area contributed by atoms with Crippen molar-refractivity contribution in [3.63, 3.8) is 0 Å². The fraction of sp³-hybridized carbons (Fsp3) is 0.600. The fourth-order valence-electron chi connectivity index (χ4n) is 0.377. The molecular formula is C5H6Na5O4+3.